The molecule has 354 valence electrons. The van der Waals surface area contributed by atoms with E-state index in [-0.39, 0.29) is 32.0 Å². The monoisotopic (exact) mass is 893 g/mol. The third kappa shape index (κ3) is 10.7. The van der Waals surface area contributed by atoms with Gasteiger partial charge in [0.2, 0.25) is 23.6 Å². The Morgan fingerprint density at radius 3 is 1.69 bits per heavy atom. The highest BCUT2D eigenvalue weighted by Crippen LogP contribution is 2.32. The van der Waals surface area contributed by atoms with E-state index < -0.39 is 119 Å². The standard InChI is InChI=1S/C48H72N6O10/c1-27(2)37-44(59)53-24-16-20-33(53)40(55)49-36(30(7)26-32-18-13-12-14-19-32)43(58)52-23-15-21-34(52)41(56)50-39(29(5)6)48(9,10)47(62)63-31(8)42(57)54-25-17-22-35(54)46(61)64-38(28(3)4)45(60)51(37)11/h12-14,18-19,27-31,33-39H,15-17,20-26H2,1-11H3,(H,49,55)(H,50,56)/t30?,31?,33-,34-,35-,36-,37-,38-,39-/m0/s1. The Labute approximate surface area is 378 Å². The fourth-order valence-electron chi connectivity index (χ4n) is 10.1. The number of cyclic esters (lactones) is 2. The minimum absolute atomic E-state index is 0.200. The number of nitrogens with zero attached hydrogens (tertiary/aromatic N) is 4. The Morgan fingerprint density at radius 2 is 1.16 bits per heavy atom. The van der Waals surface area contributed by atoms with Crippen molar-refractivity contribution in [2.75, 3.05) is 26.7 Å². The number of carbonyl (C=O) groups excluding carboxylic acids is 8. The van der Waals surface area contributed by atoms with Crippen LogP contribution in [0.3, 0.4) is 0 Å². The molecule has 0 bridgehead atoms. The highest BCUT2D eigenvalue weighted by molar-refractivity contribution is 5.97. The molecular formula is C48H72N6O10. The van der Waals surface area contributed by atoms with Crippen LogP contribution in [-0.4, -0.2) is 142 Å². The van der Waals surface area contributed by atoms with E-state index in [2.05, 4.69) is 10.6 Å². The molecule has 0 spiro atoms. The van der Waals surface area contributed by atoms with Crippen molar-refractivity contribution in [3.63, 3.8) is 0 Å². The van der Waals surface area contributed by atoms with Crippen LogP contribution in [0.15, 0.2) is 30.3 Å². The van der Waals surface area contributed by atoms with Crippen molar-refractivity contribution in [1.82, 2.24) is 30.2 Å². The van der Waals surface area contributed by atoms with Crippen molar-refractivity contribution in [1.29, 1.82) is 0 Å². The smallest absolute Gasteiger partial charge is 0.329 e. The summed E-state index contributed by atoms with van der Waals surface area (Å²) in [6.45, 7) is 18.1. The molecule has 6 amide bonds. The molecule has 0 saturated carbocycles. The van der Waals surface area contributed by atoms with Gasteiger partial charge in [0.15, 0.2) is 12.2 Å². The van der Waals surface area contributed by atoms with Gasteiger partial charge in [0.25, 0.3) is 11.8 Å². The fourth-order valence-corrected chi connectivity index (χ4v) is 10.1. The quantitative estimate of drug-likeness (QED) is 0.400. The molecule has 4 aliphatic heterocycles. The number of likely N-dealkylation sites (N-methyl/N-ethyl adjacent to an activating group) is 1. The molecule has 1 aromatic carbocycles. The largest absolute Gasteiger partial charge is 0.452 e. The molecule has 4 heterocycles. The summed E-state index contributed by atoms with van der Waals surface area (Å²) < 4.78 is 11.8. The topological polar surface area (TPSA) is 192 Å². The average molecular weight is 893 g/mol. The number of rotatable bonds is 6. The molecule has 2 N–H and O–H groups in total. The Hall–Kier alpha value is -5.02. The molecular weight excluding hydrogens is 821 g/mol. The van der Waals surface area contributed by atoms with Crippen LogP contribution in [0.1, 0.15) is 113 Å². The summed E-state index contributed by atoms with van der Waals surface area (Å²) in [7, 11) is 1.49. The van der Waals surface area contributed by atoms with Crippen LogP contribution < -0.4 is 10.6 Å². The van der Waals surface area contributed by atoms with Crippen molar-refractivity contribution in [2.24, 2.45) is 29.1 Å². The summed E-state index contributed by atoms with van der Waals surface area (Å²) in [6.07, 6.45) is 0.315. The van der Waals surface area contributed by atoms with E-state index in [1.165, 1.54) is 33.6 Å². The maximum Gasteiger partial charge on any atom is 0.329 e. The van der Waals surface area contributed by atoms with Gasteiger partial charge in [0, 0.05) is 32.7 Å². The van der Waals surface area contributed by atoms with Gasteiger partial charge < -0.3 is 39.7 Å². The normalized spacial score (nSPS) is 30.1. The first kappa shape index (κ1) is 50.0. The Kier molecular flexibility index (Phi) is 16.3. The Balaban J connectivity index is 1.56. The lowest BCUT2D eigenvalue weighted by Crippen LogP contribution is -2.61. The zero-order chi connectivity index (χ0) is 47.4. The number of fused-ring (bicyclic) bond motifs is 3. The molecule has 4 saturated heterocycles. The Bertz CT molecular complexity index is 1900. The van der Waals surface area contributed by atoms with Crippen molar-refractivity contribution < 1.29 is 47.8 Å². The SMILES string of the molecule is CC1OC(=O)C(C)(C)[C@H](C(C)C)NC(=O)[C@@H]2CCCN2C(=O)[C@H](C(C)Cc2ccccc2)NC(=O)[C@@H]2CCCN2C(=O)[C@H](C(C)C)N(C)C(=O)[C@H](C(C)C)OC(=O)[C@@H]2CCCN2C1=O. The zero-order valence-electron chi connectivity index (χ0n) is 39.8. The number of nitrogens with one attached hydrogen (secondary N) is 2. The molecule has 4 fully saturated rings. The molecule has 1 aromatic rings. The van der Waals surface area contributed by atoms with Gasteiger partial charge in [-0.3, -0.25) is 33.6 Å². The van der Waals surface area contributed by atoms with Crippen LogP contribution >= 0.6 is 0 Å². The minimum Gasteiger partial charge on any atom is -0.452 e. The van der Waals surface area contributed by atoms with Crippen LogP contribution in [0.25, 0.3) is 0 Å². The van der Waals surface area contributed by atoms with Gasteiger partial charge in [-0.2, -0.15) is 0 Å². The van der Waals surface area contributed by atoms with Crippen molar-refractivity contribution >= 4 is 47.4 Å². The van der Waals surface area contributed by atoms with E-state index in [1.54, 1.807) is 41.5 Å². The van der Waals surface area contributed by atoms with Gasteiger partial charge in [-0.1, -0.05) is 78.8 Å². The minimum atomic E-state index is -1.35. The highest BCUT2D eigenvalue weighted by Gasteiger charge is 2.49. The summed E-state index contributed by atoms with van der Waals surface area (Å²) in [5.41, 5.74) is -0.397. The van der Waals surface area contributed by atoms with Crippen LogP contribution in [-0.2, 0) is 54.3 Å². The molecule has 4 aliphatic rings. The lowest BCUT2D eigenvalue weighted by atomic mass is 9.78. The van der Waals surface area contributed by atoms with Crippen LogP contribution in [0.4, 0.5) is 0 Å². The van der Waals surface area contributed by atoms with Gasteiger partial charge in [0.05, 0.1) is 5.41 Å². The van der Waals surface area contributed by atoms with Gasteiger partial charge >= 0.3 is 11.9 Å². The first-order valence-electron chi connectivity index (χ1n) is 23.3. The number of hydrogen-bond acceptors (Lipinski definition) is 10. The second kappa shape index (κ2) is 20.9. The second-order valence-corrected chi connectivity index (χ2v) is 20.0. The number of benzene rings is 1. The fraction of sp³-hybridized carbons (Fsp3) is 0.708. The zero-order valence-corrected chi connectivity index (χ0v) is 39.8. The number of ether oxygens (including phenoxy) is 2. The number of hydrogen-bond donors (Lipinski definition) is 2. The molecule has 16 nitrogen and oxygen atoms in total. The number of esters is 2. The third-order valence-electron chi connectivity index (χ3n) is 13.7. The van der Waals surface area contributed by atoms with E-state index >= 15 is 0 Å². The predicted octanol–water partition coefficient (Wildman–Crippen LogP) is 3.49. The maximum atomic E-state index is 14.9. The summed E-state index contributed by atoms with van der Waals surface area (Å²) >= 11 is 0. The van der Waals surface area contributed by atoms with Gasteiger partial charge in [-0.05, 0) is 95.0 Å². The van der Waals surface area contributed by atoms with Crippen molar-refractivity contribution in [2.45, 2.75) is 163 Å². The van der Waals surface area contributed by atoms with Crippen molar-refractivity contribution in [3.05, 3.63) is 35.9 Å². The van der Waals surface area contributed by atoms with Gasteiger partial charge in [-0.15, -0.1) is 0 Å². The van der Waals surface area contributed by atoms with E-state index in [1.807, 2.05) is 51.1 Å². The summed E-state index contributed by atoms with van der Waals surface area (Å²) in [4.78, 5) is 120. The van der Waals surface area contributed by atoms with Gasteiger partial charge in [-0.25, -0.2) is 4.79 Å². The lowest BCUT2D eigenvalue weighted by molar-refractivity contribution is -0.174. The number of carbonyl (C=O) groups is 8. The molecule has 9 atom stereocenters. The Morgan fingerprint density at radius 1 is 0.641 bits per heavy atom. The van der Waals surface area contributed by atoms with E-state index in [0.717, 1.165) is 5.56 Å². The highest BCUT2D eigenvalue weighted by atomic mass is 16.6. The number of amides is 6. The van der Waals surface area contributed by atoms with E-state index in [9.17, 15) is 38.4 Å². The van der Waals surface area contributed by atoms with E-state index in [4.69, 9.17) is 9.47 Å². The van der Waals surface area contributed by atoms with Crippen LogP contribution in [0, 0.1) is 29.1 Å². The average Bonchev–Trinajstić information content (AvgIpc) is 4.04. The molecule has 64 heavy (non-hydrogen) atoms. The maximum absolute atomic E-state index is 14.9. The lowest BCUT2D eigenvalue weighted by Gasteiger charge is -2.38. The molecule has 5 rings (SSSR count). The predicted molar refractivity (Wildman–Crippen MR) is 238 cm³/mol. The molecule has 16 heteroatoms. The summed E-state index contributed by atoms with van der Waals surface area (Å²) in [5.74, 6) is -6.22. The summed E-state index contributed by atoms with van der Waals surface area (Å²) in [5, 5.41) is 6.10. The van der Waals surface area contributed by atoms with Crippen LogP contribution in [0.2, 0.25) is 0 Å². The molecule has 0 radical (unpaired) electrons. The van der Waals surface area contributed by atoms with Crippen molar-refractivity contribution in [3.8, 4) is 0 Å². The van der Waals surface area contributed by atoms with E-state index in [0.29, 0.717) is 38.5 Å². The van der Waals surface area contributed by atoms with Crippen LogP contribution in [0.5, 0.6) is 0 Å². The third-order valence-corrected chi connectivity index (χ3v) is 13.7. The first-order valence-corrected chi connectivity index (χ1v) is 23.3. The first-order chi connectivity index (χ1) is 30.1. The molecule has 0 aromatic heterocycles. The molecule has 0 aliphatic carbocycles. The molecule has 2 unspecified atom stereocenters. The second-order valence-electron chi connectivity index (χ2n) is 20.0. The summed E-state index contributed by atoms with van der Waals surface area (Å²) in [6, 6.07) is 3.82. The van der Waals surface area contributed by atoms with Gasteiger partial charge in [0.1, 0.15) is 30.2 Å².